The summed E-state index contributed by atoms with van der Waals surface area (Å²) in [5, 5.41) is 11.7. The molecule has 6 nitrogen and oxygen atoms in total. The van der Waals surface area contributed by atoms with Crippen LogP contribution in [0.1, 0.15) is 22.3 Å². The summed E-state index contributed by atoms with van der Waals surface area (Å²) >= 11 is 1.60. The summed E-state index contributed by atoms with van der Waals surface area (Å²) in [6, 6.07) is 14.1. The normalized spacial score (nSPS) is 16.4. The smallest absolute Gasteiger partial charge is 0.335 e. The van der Waals surface area contributed by atoms with E-state index in [1.807, 2.05) is 30.5 Å². The number of anilines is 1. The van der Waals surface area contributed by atoms with Gasteiger partial charge < -0.3 is 15.3 Å². The molecule has 3 rings (SSSR count). The fraction of sp³-hybridized carbons (Fsp3) is 0.250. The van der Waals surface area contributed by atoms with E-state index >= 15 is 0 Å². The number of thioether (sulfide) groups is 1. The zero-order chi connectivity index (χ0) is 19.4. The second kappa shape index (κ2) is 8.26. The molecule has 1 atom stereocenters. The van der Waals surface area contributed by atoms with E-state index in [0.717, 1.165) is 16.1 Å². The minimum absolute atomic E-state index is 0.0563. The highest BCUT2D eigenvalue weighted by Gasteiger charge is 2.35. The van der Waals surface area contributed by atoms with Gasteiger partial charge in [-0.05, 0) is 42.2 Å². The van der Waals surface area contributed by atoms with Crippen LogP contribution in [0.3, 0.4) is 0 Å². The van der Waals surface area contributed by atoms with Gasteiger partial charge in [-0.3, -0.25) is 9.59 Å². The topological polar surface area (TPSA) is 86.7 Å². The van der Waals surface area contributed by atoms with Crippen molar-refractivity contribution in [3.8, 4) is 0 Å². The first-order valence-electron chi connectivity index (χ1n) is 8.52. The average Bonchev–Trinajstić information content (AvgIpc) is 3.08. The molecule has 0 spiro atoms. The number of rotatable bonds is 6. The fourth-order valence-corrected chi connectivity index (χ4v) is 3.46. The van der Waals surface area contributed by atoms with Crippen LogP contribution in [0.5, 0.6) is 0 Å². The van der Waals surface area contributed by atoms with Crippen LogP contribution in [0, 0.1) is 5.92 Å². The molecule has 2 aromatic rings. The number of carbonyl (C=O) groups is 3. The molecule has 2 N–H and O–H groups in total. The van der Waals surface area contributed by atoms with Crippen LogP contribution < -0.4 is 10.2 Å². The Morgan fingerprint density at radius 1 is 1.22 bits per heavy atom. The maximum Gasteiger partial charge on any atom is 0.335 e. The number of amides is 2. The van der Waals surface area contributed by atoms with Crippen LogP contribution in [0.4, 0.5) is 5.69 Å². The van der Waals surface area contributed by atoms with Gasteiger partial charge >= 0.3 is 5.97 Å². The van der Waals surface area contributed by atoms with Gasteiger partial charge in [-0.15, -0.1) is 11.8 Å². The second-order valence-electron chi connectivity index (χ2n) is 6.33. The van der Waals surface area contributed by atoms with Crippen molar-refractivity contribution in [1.82, 2.24) is 5.32 Å². The van der Waals surface area contributed by atoms with Gasteiger partial charge in [0.15, 0.2) is 0 Å². The van der Waals surface area contributed by atoms with Crippen molar-refractivity contribution in [1.29, 1.82) is 0 Å². The molecule has 1 saturated heterocycles. The van der Waals surface area contributed by atoms with E-state index in [1.54, 1.807) is 28.8 Å². The lowest BCUT2D eigenvalue weighted by Crippen LogP contribution is -2.32. The Bertz CT molecular complexity index is 867. The number of hydrogen-bond acceptors (Lipinski definition) is 4. The van der Waals surface area contributed by atoms with Crippen molar-refractivity contribution in [2.24, 2.45) is 5.92 Å². The van der Waals surface area contributed by atoms with E-state index in [9.17, 15) is 14.4 Å². The molecule has 2 aromatic carbocycles. The molecular formula is C20H20N2O4S. The van der Waals surface area contributed by atoms with Crippen molar-refractivity contribution in [2.45, 2.75) is 17.9 Å². The van der Waals surface area contributed by atoms with Gasteiger partial charge in [0, 0.05) is 30.1 Å². The highest BCUT2D eigenvalue weighted by atomic mass is 32.2. The third-order valence-corrected chi connectivity index (χ3v) is 5.25. The molecule has 0 radical (unpaired) electrons. The Morgan fingerprint density at radius 2 is 1.96 bits per heavy atom. The van der Waals surface area contributed by atoms with Gasteiger partial charge in [0.2, 0.25) is 11.8 Å². The number of aromatic carboxylic acids is 1. The third-order valence-electron chi connectivity index (χ3n) is 4.53. The van der Waals surface area contributed by atoms with Crippen molar-refractivity contribution in [3.63, 3.8) is 0 Å². The number of carboxylic acid groups (broad SMARTS) is 1. The predicted octanol–water partition coefficient (Wildman–Crippen LogP) is 2.78. The largest absolute Gasteiger partial charge is 0.478 e. The molecule has 0 aromatic heterocycles. The zero-order valence-corrected chi connectivity index (χ0v) is 15.7. The van der Waals surface area contributed by atoms with Gasteiger partial charge in [-0.1, -0.05) is 18.2 Å². The first kappa shape index (κ1) is 19.0. The molecular weight excluding hydrogens is 364 g/mol. The molecule has 1 heterocycles. The van der Waals surface area contributed by atoms with Crippen molar-refractivity contribution < 1.29 is 19.5 Å². The lowest BCUT2D eigenvalue weighted by atomic mass is 10.1. The summed E-state index contributed by atoms with van der Waals surface area (Å²) in [4.78, 5) is 38.4. The Hall–Kier alpha value is -2.80. The number of nitrogens with zero attached hydrogens (tertiary/aromatic N) is 1. The molecule has 2 amide bonds. The van der Waals surface area contributed by atoms with Crippen LogP contribution in [0.15, 0.2) is 53.4 Å². The number of carboxylic acids is 1. The van der Waals surface area contributed by atoms with E-state index in [-0.39, 0.29) is 23.8 Å². The van der Waals surface area contributed by atoms with E-state index in [2.05, 4.69) is 5.32 Å². The highest BCUT2D eigenvalue weighted by molar-refractivity contribution is 7.98. The van der Waals surface area contributed by atoms with Crippen LogP contribution in [0.2, 0.25) is 0 Å². The molecule has 1 aliphatic heterocycles. The van der Waals surface area contributed by atoms with Gasteiger partial charge in [-0.2, -0.15) is 0 Å². The van der Waals surface area contributed by atoms with Crippen LogP contribution in [-0.4, -0.2) is 35.7 Å². The van der Waals surface area contributed by atoms with E-state index in [0.29, 0.717) is 13.1 Å². The maximum atomic E-state index is 12.5. The lowest BCUT2D eigenvalue weighted by Gasteiger charge is -2.17. The number of carbonyl (C=O) groups excluding carboxylic acids is 2. The molecule has 0 saturated carbocycles. The van der Waals surface area contributed by atoms with Gasteiger partial charge in [0.05, 0.1) is 11.5 Å². The summed E-state index contributed by atoms with van der Waals surface area (Å²) < 4.78 is 0. The molecule has 0 aliphatic carbocycles. The Morgan fingerprint density at radius 3 is 2.63 bits per heavy atom. The second-order valence-corrected chi connectivity index (χ2v) is 7.21. The molecule has 140 valence electrons. The zero-order valence-electron chi connectivity index (χ0n) is 14.8. The maximum absolute atomic E-state index is 12.5. The fourth-order valence-electron chi connectivity index (χ4n) is 3.01. The third kappa shape index (κ3) is 4.49. The molecule has 1 aliphatic rings. The summed E-state index contributed by atoms with van der Waals surface area (Å²) in [5.41, 5.74) is 1.82. The van der Waals surface area contributed by atoms with Crippen LogP contribution in [0.25, 0.3) is 0 Å². The summed E-state index contributed by atoms with van der Waals surface area (Å²) in [5.74, 6) is -1.61. The standard InChI is InChI=1S/C20H20N2O4S/c1-27-17-4-2-3-16(10-17)22-12-15(9-18(22)23)19(24)21-11-13-5-7-14(8-6-13)20(25)26/h2-8,10,15H,9,11-12H2,1H3,(H,21,24)(H,25,26). The monoisotopic (exact) mass is 384 g/mol. The number of benzene rings is 2. The minimum Gasteiger partial charge on any atom is -0.478 e. The first-order chi connectivity index (χ1) is 13.0. The Labute approximate surface area is 161 Å². The molecule has 0 bridgehead atoms. The Balaban J connectivity index is 1.59. The minimum atomic E-state index is -0.985. The summed E-state index contributed by atoms with van der Waals surface area (Å²) in [7, 11) is 0. The lowest BCUT2D eigenvalue weighted by molar-refractivity contribution is -0.126. The Kier molecular flexibility index (Phi) is 5.81. The molecule has 1 unspecified atom stereocenters. The number of nitrogens with one attached hydrogen (secondary N) is 1. The van der Waals surface area contributed by atoms with Crippen LogP contribution in [-0.2, 0) is 16.1 Å². The van der Waals surface area contributed by atoms with Gasteiger partial charge in [-0.25, -0.2) is 4.79 Å². The van der Waals surface area contributed by atoms with E-state index < -0.39 is 11.9 Å². The summed E-state index contributed by atoms with van der Waals surface area (Å²) in [6.45, 7) is 0.659. The molecule has 27 heavy (non-hydrogen) atoms. The van der Waals surface area contributed by atoms with Crippen molar-refractivity contribution >= 4 is 35.2 Å². The first-order valence-corrected chi connectivity index (χ1v) is 9.75. The van der Waals surface area contributed by atoms with Gasteiger partial charge in [0.25, 0.3) is 0 Å². The van der Waals surface area contributed by atoms with E-state index in [4.69, 9.17) is 5.11 Å². The van der Waals surface area contributed by atoms with Crippen LogP contribution >= 0.6 is 11.8 Å². The van der Waals surface area contributed by atoms with Crippen molar-refractivity contribution in [2.75, 3.05) is 17.7 Å². The molecule has 1 fully saturated rings. The number of hydrogen-bond donors (Lipinski definition) is 2. The van der Waals surface area contributed by atoms with E-state index in [1.165, 1.54) is 12.1 Å². The SMILES string of the molecule is CSc1cccc(N2CC(C(=O)NCc3ccc(C(=O)O)cc3)CC2=O)c1. The highest BCUT2D eigenvalue weighted by Crippen LogP contribution is 2.28. The predicted molar refractivity (Wildman–Crippen MR) is 104 cm³/mol. The van der Waals surface area contributed by atoms with Crippen molar-refractivity contribution in [3.05, 3.63) is 59.7 Å². The quantitative estimate of drug-likeness (QED) is 0.748. The molecule has 7 heteroatoms. The average molecular weight is 384 g/mol. The van der Waals surface area contributed by atoms with Gasteiger partial charge in [0.1, 0.15) is 0 Å². The summed E-state index contributed by atoms with van der Waals surface area (Å²) in [6.07, 6.45) is 2.16.